The van der Waals surface area contributed by atoms with E-state index < -0.39 is 5.79 Å². The highest BCUT2D eigenvalue weighted by atomic mass is 35.5. The standard InChI is InChI=1S/C21H23ClO2/c1-15-4-6-16(7-5-15)12-17-13-18(8-9-19(17)22)21-11-3-10-20(2,24-21)14-23-21/h4-9,13H,3,10-12,14H2,1-2H3/t20-,21-/m1/s1. The molecule has 0 aliphatic carbocycles. The minimum absolute atomic E-state index is 0.144. The molecule has 2 fully saturated rings. The van der Waals surface area contributed by atoms with Gasteiger partial charge >= 0.3 is 0 Å². The van der Waals surface area contributed by atoms with Gasteiger partial charge in [-0.3, -0.25) is 0 Å². The Balaban J connectivity index is 1.65. The van der Waals surface area contributed by atoms with Gasteiger partial charge in [-0.15, -0.1) is 0 Å². The van der Waals surface area contributed by atoms with Crippen LogP contribution in [0.5, 0.6) is 0 Å². The van der Waals surface area contributed by atoms with E-state index in [0.717, 1.165) is 41.8 Å². The zero-order valence-corrected chi connectivity index (χ0v) is 15.0. The van der Waals surface area contributed by atoms with Crippen molar-refractivity contribution in [3.8, 4) is 0 Å². The third-order valence-electron chi connectivity index (χ3n) is 5.23. The fourth-order valence-corrected chi connectivity index (χ4v) is 4.01. The Kier molecular flexibility index (Phi) is 3.95. The Hall–Kier alpha value is -1.35. The summed E-state index contributed by atoms with van der Waals surface area (Å²) >= 11 is 6.46. The van der Waals surface area contributed by atoms with Gasteiger partial charge in [0, 0.05) is 17.0 Å². The first-order valence-electron chi connectivity index (χ1n) is 8.67. The Morgan fingerprint density at radius 1 is 1.08 bits per heavy atom. The SMILES string of the molecule is Cc1ccc(Cc2cc([C@]34CCC[C@](C)(CO3)O4)ccc2Cl)cc1. The molecule has 0 spiro atoms. The smallest absolute Gasteiger partial charge is 0.195 e. The monoisotopic (exact) mass is 342 g/mol. The summed E-state index contributed by atoms with van der Waals surface area (Å²) in [5.74, 6) is -0.584. The van der Waals surface area contributed by atoms with Crippen molar-refractivity contribution in [2.75, 3.05) is 6.61 Å². The first-order valence-corrected chi connectivity index (χ1v) is 9.05. The molecule has 2 aliphatic heterocycles. The molecule has 2 saturated heterocycles. The normalized spacial score (nSPS) is 29.0. The molecule has 0 aromatic heterocycles. The predicted molar refractivity (Wildman–Crippen MR) is 96.4 cm³/mol. The van der Waals surface area contributed by atoms with Crippen molar-refractivity contribution in [3.05, 3.63) is 69.7 Å². The molecular weight excluding hydrogens is 320 g/mol. The summed E-state index contributed by atoms with van der Waals surface area (Å²) in [5, 5.41) is 0.798. The summed E-state index contributed by atoms with van der Waals surface area (Å²) in [6.07, 6.45) is 3.93. The van der Waals surface area contributed by atoms with Gasteiger partial charge in [0.1, 0.15) is 0 Å². The van der Waals surface area contributed by atoms with Crippen LogP contribution in [0.4, 0.5) is 0 Å². The van der Waals surface area contributed by atoms with Crippen molar-refractivity contribution < 1.29 is 9.47 Å². The van der Waals surface area contributed by atoms with Crippen molar-refractivity contribution in [3.63, 3.8) is 0 Å². The highest BCUT2D eigenvalue weighted by molar-refractivity contribution is 6.31. The molecule has 3 heteroatoms. The summed E-state index contributed by atoms with van der Waals surface area (Å²) in [5.41, 5.74) is 4.61. The fraction of sp³-hybridized carbons (Fsp3) is 0.429. The van der Waals surface area contributed by atoms with Gasteiger partial charge in [0.05, 0.1) is 12.2 Å². The lowest BCUT2D eigenvalue weighted by molar-refractivity contribution is -0.217. The summed E-state index contributed by atoms with van der Waals surface area (Å²) in [6.45, 7) is 4.92. The van der Waals surface area contributed by atoms with Gasteiger partial charge in [0.2, 0.25) is 0 Å². The van der Waals surface area contributed by atoms with Gasteiger partial charge < -0.3 is 9.47 Å². The van der Waals surface area contributed by atoms with E-state index in [-0.39, 0.29) is 5.60 Å². The largest absolute Gasteiger partial charge is 0.343 e. The summed E-state index contributed by atoms with van der Waals surface area (Å²) < 4.78 is 12.5. The molecule has 2 heterocycles. The molecule has 0 N–H and O–H groups in total. The van der Waals surface area contributed by atoms with Crippen LogP contribution in [0.1, 0.15) is 48.4 Å². The zero-order chi connectivity index (χ0) is 16.8. The van der Waals surface area contributed by atoms with E-state index in [9.17, 15) is 0 Å². The van der Waals surface area contributed by atoms with Crippen molar-refractivity contribution in [1.29, 1.82) is 0 Å². The van der Waals surface area contributed by atoms with Gasteiger partial charge in [0.15, 0.2) is 5.79 Å². The first kappa shape index (κ1) is 16.1. The number of hydrogen-bond donors (Lipinski definition) is 0. The second kappa shape index (κ2) is 5.87. The summed E-state index contributed by atoms with van der Waals surface area (Å²) in [4.78, 5) is 0. The zero-order valence-electron chi connectivity index (χ0n) is 14.3. The molecule has 0 radical (unpaired) electrons. The number of rotatable bonds is 3. The molecular formula is C21H23ClO2. The molecule has 126 valence electrons. The number of halogens is 1. The number of ether oxygens (including phenoxy) is 2. The van der Waals surface area contributed by atoms with E-state index in [2.05, 4.69) is 50.2 Å². The maximum Gasteiger partial charge on any atom is 0.195 e. The average molecular weight is 343 g/mol. The predicted octanol–water partition coefficient (Wildman–Crippen LogP) is 5.38. The molecule has 2 atom stereocenters. The molecule has 2 aromatic carbocycles. The Bertz CT molecular complexity index is 755. The molecule has 2 aromatic rings. The van der Waals surface area contributed by atoms with Crippen LogP contribution in [0.25, 0.3) is 0 Å². The van der Waals surface area contributed by atoms with Crippen LogP contribution in [0.3, 0.4) is 0 Å². The van der Waals surface area contributed by atoms with Crippen LogP contribution in [0.15, 0.2) is 42.5 Å². The molecule has 2 nitrogen and oxygen atoms in total. The first-order chi connectivity index (χ1) is 11.5. The molecule has 24 heavy (non-hydrogen) atoms. The van der Waals surface area contributed by atoms with E-state index in [4.69, 9.17) is 21.1 Å². The highest BCUT2D eigenvalue weighted by Gasteiger charge is 2.52. The summed E-state index contributed by atoms with van der Waals surface area (Å²) in [6, 6.07) is 14.8. The average Bonchev–Trinajstić information content (AvgIpc) is 2.81. The number of benzene rings is 2. The minimum Gasteiger partial charge on any atom is -0.343 e. The number of fused-ring (bicyclic) bond motifs is 2. The summed E-state index contributed by atoms with van der Waals surface area (Å²) in [7, 11) is 0. The van der Waals surface area contributed by atoms with E-state index >= 15 is 0 Å². The third-order valence-corrected chi connectivity index (χ3v) is 5.60. The second-order valence-electron chi connectivity index (χ2n) is 7.42. The molecule has 0 unspecified atom stereocenters. The van der Waals surface area contributed by atoms with Crippen LogP contribution in [-0.4, -0.2) is 12.2 Å². The van der Waals surface area contributed by atoms with E-state index in [1.54, 1.807) is 0 Å². The number of aryl methyl sites for hydroxylation is 1. The van der Waals surface area contributed by atoms with Gasteiger partial charge in [-0.25, -0.2) is 0 Å². The quantitative estimate of drug-likeness (QED) is 0.745. The van der Waals surface area contributed by atoms with Gasteiger partial charge in [-0.2, -0.15) is 0 Å². The minimum atomic E-state index is -0.584. The third kappa shape index (κ3) is 2.88. The lowest BCUT2D eigenvalue weighted by Crippen LogP contribution is -2.37. The lowest BCUT2D eigenvalue weighted by Gasteiger charge is -2.36. The van der Waals surface area contributed by atoms with Crippen LogP contribution in [-0.2, 0) is 21.7 Å². The van der Waals surface area contributed by atoms with Gasteiger partial charge in [-0.05, 0) is 56.4 Å². The molecule has 0 saturated carbocycles. The topological polar surface area (TPSA) is 18.5 Å². The highest BCUT2D eigenvalue weighted by Crippen LogP contribution is 2.49. The van der Waals surface area contributed by atoms with Crippen LogP contribution in [0, 0.1) is 6.92 Å². The van der Waals surface area contributed by atoms with E-state index in [0.29, 0.717) is 6.61 Å². The molecule has 2 aliphatic rings. The van der Waals surface area contributed by atoms with Crippen molar-refractivity contribution in [2.45, 2.75) is 50.9 Å². The Morgan fingerprint density at radius 2 is 1.88 bits per heavy atom. The lowest BCUT2D eigenvalue weighted by atomic mass is 9.90. The molecule has 0 amide bonds. The van der Waals surface area contributed by atoms with Crippen LogP contribution >= 0.6 is 11.6 Å². The molecule has 4 rings (SSSR count). The van der Waals surface area contributed by atoms with E-state index in [1.807, 2.05) is 6.07 Å². The maximum absolute atomic E-state index is 6.46. The van der Waals surface area contributed by atoms with Crippen LogP contribution < -0.4 is 0 Å². The van der Waals surface area contributed by atoms with E-state index in [1.165, 1.54) is 11.1 Å². The fourth-order valence-electron chi connectivity index (χ4n) is 3.83. The van der Waals surface area contributed by atoms with Crippen LogP contribution in [0.2, 0.25) is 5.02 Å². The van der Waals surface area contributed by atoms with Crippen molar-refractivity contribution in [2.24, 2.45) is 0 Å². The Labute approximate surface area is 148 Å². The Morgan fingerprint density at radius 3 is 2.67 bits per heavy atom. The second-order valence-corrected chi connectivity index (χ2v) is 7.82. The molecule has 2 bridgehead atoms. The van der Waals surface area contributed by atoms with Gasteiger partial charge in [-0.1, -0.05) is 47.5 Å². The maximum atomic E-state index is 6.46. The van der Waals surface area contributed by atoms with Crippen molar-refractivity contribution in [1.82, 2.24) is 0 Å². The number of hydrogen-bond acceptors (Lipinski definition) is 2. The van der Waals surface area contributed by atoms with Gasteiger partial charge in [0.25, 0.3) is 0 Å². The van der Waals surface area contributed by atoms with Crippen molar-refractivity contribution >= 4 is 11.6 Å².